The number of ether oxygens (including phenoxy) is 3. The number of nitrogens with zero attached hydrogens (tertiary/aromatic N) is 1. The Bertz CT molecular complexity index is 983. The molecule has 0 bridgehead atoms. The SMILES string of the molecule is COc1cccc(Oc2ccc(CNC(=O)COc3ccc(Br)cc3F)cn2)c1. The van der Waals surface area contributed by atoms with Gasteiger partial charge in [0.15, 0.2) is 18.2 Å². The number of amides is 1. The number of nitrogens with one attached hydrogen (secondary N) is 1. The van der Waals surface area contributed by atoms with Gasteiger partial charge in [-0.1, -0.05) is 28.1 Å². The van der Waals surface area contributed by atoms with Crippen molar-refractivity contribution in [2.24, 2.45) is 0 Å². The number of carbonyl (C=O) groups excluding carboxylic acids is 1. The van der Waals surface area contributed by atoms with E-state index >= 15 is 0 Å². The molecule has 1 amide bonds. The van der Waals surface area contributed by atoms with Gasteiger partial charge in [0.25, 0.3) is 5.91 Å². The van der Waals surface area contributed by atoms with E-state index in [2.05, 4.69) is 26.2 Å². The Kier molecular flexibility index (Phi) is 7.02. The first-order chi connectivity index (χ1) is 14.0. The molecule has 3 aromatic rings. The Labute approximate surface area is 175 Å². The van der Waals surface area contributed by atoms with Gasteiger partial charge >= 0.3 is 0 Å². The summed E-state index contributed by atoms with van der Waals surface area (Å²) >= 11 is 3.16. The van der Waals surface area contributed by atoms with Crippen LogP contribution in [-0.4, -0.2) is 24.6 Å². The van der Waals surface area contributed by atoms with Crippen molar-refractivity contribution < 1.29 is 23.4 Å². The molecule has 8 heteroatoms. The van der Waals surface area contributed by atoms with E-state index in [9.17, 15) is 9.18 Å². The molecule has 0 aliphatic rings. The molecule has 0 saturated heterocycles. The van der Waals surface area contributed by atoms with E-state index in [1.807, 2.05) is 12.1 Å². The van der Waals surface area contributed by atoms with Crippen LogP contribution in [0, 0.1) is 5.82 Å². The highest BCUT2D eigenvalue weighted by Gasteiger charge is 2.08. The Balaban J connectivity index is 1.47. The number of hydrogen-bond acceptors (Lipinski definition) is 5. The van der Waals surface area contributed by atoms with Crippen molar-refractivity contribution in [3.8, 4) is 23.1 Å². The number of hydrogen-bond donors (Lipinski definition) is 1. The van der Waals surface area contributed by atoms with Crippen LogP contribution in [0.3, 0.4) is 0 Å². The lowest BCUT2D eigenvalue weighted by molar-refractivity contribution is -0.123. The van der Waals surface area contributed by atoms with Crippen molar-refractivity contribution in [1.29, 1.82) is 0 Å². The molecule has 0 fully saturated rings. The minimum absolute atomic E-state index is 0.0176. The number of pyridine rings is 1. The first kappa shape index (κ1) is 20.6. The van der Waals surface area contributed by atoms with E-state index in [-0.39, 0.29) is 24.8 Å². The summed E-state index contributed by atoms with van der Waals surface area (Å²) in [5.41, 5.74) is 0.783. The van der Waals surface area contributed by atoms with Gasteiger partial charge in [-0.3, -0.25) is 4.79 Å². The molecule has 0 aliphatic carbocycles. The number of halogens is 2. The highest BCUT2D eigenvalue weighted by Crippen LogP contribution is 2.24. The maximum absolute atomic E-state index is 13.7. The highest BCUT2D eigenvalue weighted by molar-refractivity contribution is 9.10. The zero-order valence-electron chi connectivity index (χ0n) is 15.5. The molecule has 0 aliphatic heterocycles. The van der Waals surface area contributed by atoms with E-state index < -0.39 is 5.82 Å². The summed E-state index contributed by atoms with van der Waals surface area (Å²) in [4.78, 5) is 16.1. The average molecular weight is 461 g/mol. The van der Waals surface area contributed by atoms with Crippen molar-refractivity contribution in [3.63, 3.8) is 0 Å². The monoisotopic (exact) mass is 460 g/mol. The van der Waals surface area contributed by atoms with Crippen LogP contribution in [0.15, 0.2) is 65.3 Å². The average Bonchev–Trinajstić information content (AvgIpc) is 2.73. The number of rotatable bonds is 8. The van der Waals surface area contributed by atoms with Crippen LogP contribution >= 0.6 is 15.9 Å². The van der Waals surface area contributed by atoms with Crippen LogP contribution in [0.25, 0.3) is 0 Å². The fraction of sp³-hybridized carbons (Fsp3) is 0.143. The minimum Gasteiger partial charge on any atom is -0.497 e. The smallest absolute Gasteiger partial charge is 0.258 e. The third-order valence-corrected chi connectivity index (χ3v) is 4.30. The summed E-state index contributed by atoms with van der Waals surface area (Å²) < 4.78 is 30.3. The summed E-state index contributed by atoms with van der Waals surface area (Å²) in [7, 11) is 1.58. The van der Waals surface area contributed by atoms with Gasteiger partial charge in [0.1, 0.15) is 11.5 Å². The Hall–Kier alpha value is -3.13. The van der Waals surface area contributed by atoms with Crippen LogP contribution in [0.5, 0.6) is 23.1 Å². The summed E-state index contributed by atoms with van der Waals surface area (Å²) in [5.74, 6) is 0.820. The molecule has 1 N–H and O–H groups in total. The lowest BCUT2D eigenvalue weighted by Crippen LogP contribution is -2.28. The van der Waals surface area contributed by atoms with Crippen LogP contribution in [0.4, 0.5) is 4.39 Å². The van der Waals surface area contributed by atoms with E-state index in [1.54, 1.807) is 43.6 Å². The summed E-state index contributed by atoms with van der Waals surface area (Å²) in [6.45, 7) is -0.0273. The first-order valence-electron chi connectivity index (χ1n) is 8.65. The summed E-state index contributed by atoms with van der Waals surface area (Å²) in [6, 6.07) is 15.0. The van der Waals surface area contributed by atoms with Gasteiger partial charge in [-0.15, -0.1) is 0 Å². The van der Waals surface area contributed by atoms with E-state index in [1.165, 1.54) is 12.1 Å². The topological polar surface area (TPSA) is 69.7 Å². The number of aromatic nitrogens is 1. The Morgan fingerprint density at radius 1 is 1.14 bits per heavy atom. The largest absolute Gasteiger partial charge is 0.497 e. The lowest BCUT2D eigenvalue weighted by Gasteiger charge is -2.09. The first-order valence-corrected chi connectivity index (χ1v) is 9.44. The fourth-order valence-corrected chi connectivity index (χ4v) is 2.68. The zero-order valence-corrected chi connectivity index (χ0v) is 17.1. The van der Waals surface area contributed by atoms with E-state index in [0.717, 1.165) is 5.56 Å². The molecule has 0 spiro atoms. The second kappa shape index (κ2) is 9.88. The van der Waals surface area contributed by atoms with Crippen molar-refractivity contribution in [3.05, 3.63) is 76.6 Å². The standard InChI is InChI=1S/C21H18BrFN2O4/c1-27-16-3-2-4-17(10-16)29-21-8-5-14(12-25-21)11-24-20(26)13-28-19-7-6-15(22)9-18(19)23/h2-10,12H,11,13H2,1H3,(H,24,26). The molecule has 2 aromatic carbocycles. The molecule has 1 aromatic heterocycles. The molecule has 0 radical (unpaired) electrons. The van der Waals surface area contributed by atoms with Crippen molar-refractivity contribution in [2.75, 3.05) is 13.7 Å². The van der Waals surface area contributed by atoms with Crippen molar-refractivity contribution >= 4 is 21.8 Å². The second-order valence-corrected chi connectivity index (χ2v) is 6.84. The quantitative estimate of drug-likeness (QED) is 0.536. The molecule has 0 atom stereocenters. The number of carbonyl (C=O) groups is 1. The summed E-state index contributed by atoms with van der Waals surface area (Å²) in [5, 5.41) is 2.69. The fourth-order valence-electron chi connectivity index (χ4n) is 2.35. The van der Waals surface area contributed by atoms with Crippen LogP contribution in [0.2, 0.25) is 0 Å². The maximum atomic E-state index is 13.7. The van der Waals surface area contributed by atoms with Gasteiger partial charge in [0.2, 0.25) is 5.88 Å². The molecule has 150 valence electrons. The molecule has 6 nitrogen and oxygen atoms in total. The Morgan fingerprint density at radius 3 is 2.69 bits per heavy atom. The van der Waals surface area contributed by atoms with Gasteiger partial charge in [-0.05, 0) is 35.9 Å². The normalized spacial score (nSPS) is 10.3. The third-order valence-electron chi connectivity index (χ3n) is 3.80. The molecular weight excluding hydrogens is 443 g/mol. The van der Waals surface area contributed by atoms with Crippen LogP contribution < -0.4 is 19.5 Å². The number of benzene rings is 2. The third kappa shape index (κ3) is 6.18. The zero-order chi connectivity index (χ0) is 20.6. The van der Waals surface area contributed by atoms with Gasteiger partial charge in [-0.2, -0.15) is 0 Å². The second-order valence-electron chi connectivity index (χ2n) is 5.93. The molecule has 1 heterocycles. The van der Waals surface area contributed by atoms with Gasteiger partial charge in [0.05, 0.1) is 7.11 Å². The van der Waals surface area contributed by atoms with E-state index in [4.69, 9.17) is 14.2 Å². The van der Waals surface area contributed by atoms with Crippen molar-refractivity contribution in [2.45, 2.75) is 6.54 Å². The Morgan fingerprint density at radius 2 is 1.97 bits per heavy atom. The molecule has 29 heavy (non-hydrogen) atoms. The molecule has 0 unspecified atom stereocenters. The van der Waals surface area contributed by atoms with Gasteiger partial charge in [-0.25, -0.2) is 9.37 Å². The van der Waals surface area contributed by atoms with Crippen molar-refractivity contribution in [1.82, 2.24) is 10.3 Å². The molecule has 0 saturated carbocycles. The highest BCUT2D eigenvalue weighted by atomic mass is 79.9. The molecule has 3 rings (SSSR count). The van der Waals surface area contributed by atoms with Crippen LogP contribution in [0.1, 0.15) is 5.56 Å². The van der Waals surface area contributed by atoms with Crippen LogP contribution in [-0.2, 0) is 11.3 Å². The number of methoxy groups -OCH3 is 1. The maximum Gasteiger partial charge on any atom is 0.258 e. The predicted molar refractivity (Wildman–Crippen MR) is 109 cm³/mol. The van der Waals surface area contributed by atoms with Gasteiger partial charge in [0, 0.05) is 29.3 Å². The summed E-state index contributed by atoms with van der Waals surface area (Å²) in [6.07, 6.45) is 1.60. The predicted octanol–water partition coefficient (Wildman–Crippen LogP) is 4.48. The lowest BCUT2D eigenvalue weighted by atomic mass is 10.3. The molecular formula is C21H18BrFN2O4. The van der Waals surface area contributed by atoms with Gasteiger partial charge < -0.3 is 19.5 Å². The minimum atomic E-state index is -0.539. The van der Waals surface area contributed by atoms with E-state index in [0.29, 0.717) is 21.9 Å².